The van der Waals surface area contributed by atoms with Crippen molar-refractivity contribution in [2.45, 2.75) is 50.7 Å². The van der Waals surface area contributed by atoms with Crippen molar-refractivity contribution in [3.05, 3.63) is 35.9 Å². The largest absolute Gasteiger partial charge is 0.355 e. The molecule has 29 heavy (non-hydrogen) atoms. The van der Waals surface area contributed by atoms with E-state index >= 15 is 0 Å². The molecule has 1 aliphatic carbocycles. The van der Waals surface area contributed by atoms with Crippen molar-refractivity contribution in [3.8, 4) is 0 Å². The van der Waals surface area contributed by atoms with E-state index in [9.17, 15) is 0 Å². The van der Waals surface area contributed by atoms with Gasteiger partial charge in [0.1, 0.15) is 0 Å². The van der Waals surface area contributed by atoms with E-state index in [0.29, 0.717) is 6.04 Å². The van der Waals surface area contributed by atoms with Crippen molar-refractivity contribution in [2.75, 3.05) is 47.3 Å². The average Bonchev–Trinajstić information content (AvgIpc) is 3.57. The molecule has 0 radical (unpaired) electrons. The minimum Gasteiger partial charge on any atom is -0.355 e. The fraction of sp³-hybridized carbons (Fsp3) is 0.708. The molecule has 1 aromatic rings. The van der Waals surface area contributed by atoms with E-state index in [-0.39, 0.29) is 0 Å². The predicted molar refractivity (Wildman–Crippen MR) is 121 cm³/mol. The first-order valence-corrected chi connectivity index (χ1v) is 11.6. The number of hydrogen-bond donors (Lipinski definition) is 1. The Morgan fingerprint density at radius 2 is 1.93 bits per heavy atom. The fourth-order valence-electron chi connectivity index (χ4n) is 5.49. The summed E-state index contributed by atoms with van der Waals surface area (Å²) in [5.74, 6) is 2.73. The van der Waals surface area contributed by atoms with E-state index in [4.69, 9.17) is 0 Å². The van der Waals surface area contributed by atoms with Crippen LogP contribution in [0.15, 0.2) is 35.3 Å². The molecule has 3 fully saturated rings. The molecule has 0 aromatic heterocycles. The number of rotatable bonds is 6. The molecule has 2 saturated heterocycles. The summed E-state index contributed by atoms with van der Waals surface area (Å²) in [6.45, 7) is 5.61. The van der Waals surface area contributed by atoms with Crippen LogP contribution in [0, 0.1) is 11.8 Å². The van der Waals surface area contributed by atoms with Gasteiger partial charge >= 0.3 is 0 Å². The molecule has 4 rings (SSSR count). The Hall–Kier alpha value is -1.59. The summed E-state index contributed by atoms with van der Waals surface area (Å²) < 4.78 is 0. The summed E-state index contributed by atoms with van der Waals surface area (Å²) in [5, 5.41) is 3.71. The molecule has 1 N–H and O–H groups in total. The van der Waals surface area contributed by atoms with Crippen LogP contribution in [-0.2, 0) is 6.54 Å². The van der Waals surface area contributed by atoms with Crippen LogP contribution in [0.5, 0.6) is 0 Å². The van der Waals surface area contributed by atoms with Gasteiger partial charge in [-0.2, -0.15) is 0 Å². The topological polar surface area (TPSA) is 34.1 Å². The summed E-state index contributed by atoms with van der Waals surface area (Å²) in [6, 6.07) is 12.3. The van der Waals surface area contributed by atoms with Crippen molar-refractivity contribution in [1.82, 2.24) is 20.0 Å². The second kappa shape index (κ2) is 9.48. The van der Waals surface area contributed by atoms with Gasteiger partial charge in [0, 0.05) is 45.3 Å². The third kappa shape index (κ3) is 5.13. The first kappa shape index (κ1) is 20.7. The summed E-state index contributed by atoms with van der Waals surface area (Å²) >= 11 is 0. The molecule has 3 aliphatic rings. The third-order valence-electron chi connectivity index (χ3n) is 7.22. The molecule has 2 aliphatic heterocycles. The summed E-state index contributed by atoms with van der Waals surface area (Å²) in [6.07, 6.45) is 6.68. The van der Waals surface area contributed by atoms with E-state index in [1.54, 1.807) is 0 Å². The monoisotopic (exact) mass is 397 g/mol. The van der Waals surface area contributed by atoms with E-state index in [2.05, 4.69) is 69.4 Å². The number of nitrogens with one attached hydrogen (secondary N) is 1. The second-order valence-electron chi connectivity index (χ2n) is 9.46. The van der Waals surface area contributed by atoms with Crippen molar-refractivity contribution in [1.29, 1.82) is 0 Å². The first-order chi connectivity index (χ1) is 14.2. The zero-order chi connectivity index (χ0) is 20.2. The van der Waals surface area contributed by atoms with Gasteiger partial charge in [-0.05, 0) is 70.1 Å². The van der Waals surface area contributed by atoms with Crippen LogP contribution >= 0.6 is 0 Å². The minimum absolute atomic E-state index is 0.625. The highest BCUT2D eigenvalue weighted by atomic mass is 15.3. The molecular formula is C24H39N5. The molecule has 3 atom stereocenters. The maximum Gasteiger partial charge on any atom is 0.193 e. The lowest BCUT2D eigenvalue weighted by molar-refractivity contribution is 0.0371. The number of likely N-dealkylation sites (tertiary alicyclic amines) is 2. The van der Waals surface area contributed by atoms with Gasteiger partial charge in [-0.15, -0.1) is 0 Å². The second-order valence-corrected chi connectivity index (χ2v) is 9.46. The highest BCUT2D eigenvalue weighted by Gasteiger charge is 2.37. The Morgan fingerprint density at radius 3 is 2.62 bits per heavy atom. The highest BCUT2D eigenvalue weighted by molar-refractivity contribution is 5.80. The smallest absolute Gasteiger partial charge is 0.193 e. The molecule has 1 aromatic carbocycles. The Kier molecular flexibility index (Phi) is 6.76. The molecule has 3 unspecified atom stereocenters. The quantitative estimate of drug-likeness (QED) is 0.591. The van der Waals surface area contributed by atoms with Crippen LogP contribution in [0.25, 0.3) is 0 Å². The number of guanidine groups is 1. The lowest BCUT2D eigenvalue weighted by atomic mass is 9.83. The van der Waals surface area contributed by atoms with Gasteiger partial charge in [-0.25, -0.2) is 0 Å². The van der Waals surface area contributed by atoms with Crippen LogP contribution in [0.4, 0.5) is 0 Å². The third-order valence-corrected chi connectivity index (χ3v) is 7.22. The molecule has 2 heterocycles. The van der Waals surface area contributed by atoms with Crippen LogP contribution < -0.4 is 5.32 Å². The van der Waals surface area contributed by atoms with Gasteiger partial charge in [0.25, 0.3) is 0 Å². The number of hydrogen-bond acceptors (Lipinski definition) is 3. The number of benzene rings is 1. The van der Waals surface area contributed by atoms with Gasteiger partial charge < -0.3 is 15.1 Å². The molecule has 160 valence electrons. The maximum absolute atomic E-state index is 4.65. The van der Waals surface area contributed by atoms with E-state index in [0.717, 1.165) is 50.0 Å². The Morgan fingerprint density at radius 1 is 1.14 bits per heavy atom. The zero-order valence-electron chi connectivity index (χ0n) is 18.6. The van der Waals surface area contributed by atoms with E-state index in [1.807, 2.05) is 7.05 Å². The predicted octanol–water partition coefficient (Wildman–Crippen LogP) is 2.89. The fourth-order valence-corrected chi connectivity index (χ4v) is 5.49. The molecule has 5 nitrogen and oxygen atoms in total. The Bertz CT molecular complexity index is 667. The normalized spacial score (nSPS) is 27.0. The number of likely N-dealkylation sites (N-methyl/N-ethyl adjacent to an activating group) is 1. The molecule has 0 amide bonds. The molecule has 5 heteroatoms. The molecule has 1 saturated carbocycles. The lowest BCUT2D eigenvalue weighted by Crippen LogP contribution is -2.57. The lowest BCUT2D eigenvalue weighted by Gasteiger charge is -2.48. The summed E-state index contributed by atoms with van der Waals surface area (Å²) in [5.41, 5.74) is 1.45. The van der Waals surface area contributed by atoms with Gasteiger partial charge in [0.2, 0.25) is 0 Å². The van der Waals surface area contributed by atoms with Gasteiger partial charge in [-0.1, -0.05) is 30.3 Å². The Labute approximate surface area is 177 Å². The number of fused-ring (bicyclic) bond motifs is 1. The minimum atomic E-state index is 0.625. The van der Waals surface area contributed by atoms with E-state index in [1.165, 1.54) is 44.2 Å². The zero-order valence-corrected chi connectivity index (χ0v) is 18.6. The number of aliphatic imine (C=N–C) groups is 1. The average molecular weight is 398 g/mol. The molecular weight excluding hydrogens is 358 g/mol. The Balaban J connectivity index is 1.33. The van der Waals surface area contributed by atoms with Gasteiger partial charge in [0.05, 0.1) is 0 Å². The highest BCUT2D eigenvalue weighted by Crippen LogP contribution is 2.34. The van der Waals surface area contributed by atoms with Gasteiger partial charge in [0.15, 0.2) is 5.96 Å². The number of piperidine rings is 2. The van der Waals surface area contributed by atoms with Crippen LogP contribution in [0.1, 0.15) is 37.7 Å². The van der Waals surface area contributed by atoms with Crippen molar-refractivity contribution in [2.24, 2.45) is 16.8 Å². The number of nitrogens with zero attached hydrogens (tertiary/aromatic N) is 4. The van der Waals surface area contributed by atoms with Gasteiger partial charge in [-0.3, -0.25) is 9.89 Å². The first-order valence-electron chi connectivity index (χ1n) is 11.6. The van der Waals surface area contributed by atoms with Crippen LogP contribution in [0.3, 0.4) is 0 Å². The van der Waals surface area contributed by atoms with Crippen molar-refractivity contribution < 1.29 is 0 Å². The molecule has 0 bridgehead atoms. The van der Waals surface area contributed by atoms with Crippen LogP contribution in [-0.4, -0.2) is 80.1 Å². The summed E-state index contributed by atoms with van der Waals surface area (Å²) in [4.78, 5) is 12.3. The molecule has 0 spiro atoms. The van der Waals surface area contributed by atoms with E-state index < -0.39 is 0 Å². The van der Waals surface area contributed by atoms with Crippen molar-refractivity contribution >= 4 is 5.96 Å². The maximum atomic E-state index is 4.65. The SMILES string of the molecule is CN=C(NCC(C1CC1)N(C)C)N1CCC2C(CCCN2Cc2ccccc2)C1. The standard InChI is InChI=1S/C24H39N5/c1-25-24(26-16-23(27(2)3)20-11-12-20)29-15-13-22-21(18-29)10-7-14-28(22)17-19-8-5-4-6-9-19/h4-6,8-9,20-23H,7,10-18H2,1-3H3,(H,25,26). The van der Waals surface area contributed by atoms with Crippen LogP contribution in [0.2, 0.25) is 0 Å². The van der Waals surface area contributed by atoms with Crippen molar-refractivity contribution in [3.63, 3.8) is 0 Å². The summed E-state index contributed by atoms with van der Waals surface area (Å²) in [7, 11) is 6.36.